The van der Waals surface area contributed by atoms with Crippen molar-refractivity contribution in [1.82, 2.24) is 15.1 Å². The lowest BCUT2D eigenvalue weighted by molar-refractivity contribution is -0.138. The Kier molecular flexibility index (Phi) is 5.54. The van der Waals surface area contributed by atoms with Gasteiger partial charge >= 0.3 is 6.03 Å². The van der Waals surface area contributed by atoms with E-state index in [0.29, 0.717) is 16.9 Å². The number of carbonyl (C=O) groups excluding carboxylic acids is 3. The van der Waals surface area contributed by atoms with Crippen molar-refractivity contribution in [2.45, 2.75) is 19.0 Å². The molecular weight excluding hydrogens is 377 g/mol. The van der Waals surface area contributed by atoms with Gasteiger partial charge in [0, 0.05) is 19.2 Å². The molecule has 1 aliphatic rings. The topological polar surface area (TPSA) is 79.0 Å². The van der Waals surface area contributed by atoms with Gasteiger partial charge in [0.05, 0.1) is 7.11 Å². The first-order chi connectivity index (χ1) is 13.8. The maximum Gasteiger partial charge on any atom is 0.325 e. The van der Waals surface area contributed by atoms with Gasteiger partial charge in [0.15, 0.2) is 0 Å². The minimum atomic E-state index is -1.28. The molecule has 4 amide bonds. The molecule has 0 bridgehead atoms. The highest BCUT2D eigenvalue weighted by Gasteiger charge is 2.49. The number of halogens is 1. The number of likely N-dealkylation sites (N-methyl/N-ethyl adjacent to an activating group) is 1. The Labute approximate surface area is 168 Å². The number of benzene rings is 2. The molecule has 1 aliphatic heterocycles. The monoisotopic (exact) mass is 399 g/mol. The van der Waals surface area contributed by atoms with E-state index in [2.05, 4.69) is 5.32 Å². The van der Waals surface area contributed by atoms with E-state index in [0.717, 1.165) is 4.90 Å². The van der Waals surface area contributed by atoms with Gasteiger partial charge < -0.3 is 15.0 Å². The Hall–Kier alpha value is -3.42. The number of hydrogen-bond acceptors (Lipinski definition) is 4. The van der Waals surface area contributed by atoms with E-state index in [1.54, 1.807) is 49.4 Å². The van der Waals surface area contributed by atoms with Crippen molar-refractivity contribution in [1.29, 1.82) is 0 Å². The Morgan fingerprint density at radius 1 is 1.17 bits per heavy atom. The summed E-state index contributed by atoms with van der Waals surface area (Å²) in [5, 5.41) is 2.65. The number of carbonyl (C=O) groups is 3. The van der Waals surface area contributed by atoms with Gasteiger partial charge in [-0.1, -0.05) is 30.3 Å². The van der Waals surface area contributed by atoms with Crippen LogP contribution in [-0.4, -0.2) is 48.3 Å². The zero-order valence-corrected chi connectivity index (χ0v) is 16.4. The first kappa shape index (κ1) is 20.3. The van der Waals surface area contributed by atoms with E-state index < -0.39 is 35.7 Å². The molecule has 0 unspecified atom stereocenters. The molecule has 2 aromatic rings. The number of imide groups is 1. The number of hydrogen-bond donors (Lipinski definition) is 1. The van der Waals surface area contributed by atoms with Crippen LogP contribution in [0.4, 0.5) is 9.18 Å². The van der Waals surface area contributed by atoms with Crippen LogP contribution >= 0.6 is 0 Å². The first-order valence-electron chi connectivity index (χ1n) is 9.02. The fourth-order valence-corrected chi connectivity index (χ4v) is 3.19. The molecule has 3 rings (SSSR count). The fraction of sp³-hybridized carbons (Fsp3) is 0.286. The molecule has 1 atom stereocenters. The maximum absolute atomic E-state index is 13.8. The summed E-state index contributed by atoms with van der Waals surface area (Å²) in [6.45, 7) is 1.19. The lowest BCUT2D eigenvalue weighted by Crippen LogP contribution is -2.43. The minimum Gasteiger partial charge on any atom is -0.497 e. The molecule has 1 fully saturated rings. The van der Waals surface area contributed by atoms with Crippen molar-refractivity contribution in [3.05, 3.63) is 65.5 Å². The van der Waals surface area contributed by atoms with Crippen molar-refractivity contribution in [3.8, 4) is 5.75 Å². The largest absolute Gasteiger partial charge is 0.497 e. The molecule has 7 nitrogen and oxygen atoms in total. The number of urea groups is 1. The van der Waals surface area contributed by atoms with E-state index in [1.165, 1.54) is 25.1 Å². The van der Waals surface area contributed by atoms with Gasteiger partial charge in [-0.05, 0) is 30.7 Å². The minimum absolute atomic E-state index is 0.0326. The second-order valence-electron chi connectivity index (χ2n) is 7.02. The number of methoxy groups -OCH3 is 1. The Morgan fingerprint density at radius 3 is 2.45 bits per heavy atom. The van der Waals surface area contributed by atoms with Gasteiger partial charge in [0.25, 0.3) is 5.91 Å². The number of nitrogens with one attached hydrogen (secondary N) is 1. The summed E-state index contributed by atoms with van der Waals surface area (Å²) in [7, 11) is 3.03. The third-order valence-corrected chi connectivity index (χ3v) is 5.03. The van der Waals surface area contributed by atoms with E-state index in [1.807, 2.05) is 0 Å². The number of rotatable bonds is 6. The average molecular weight is 399 g/mol. The van der Waals surface area contributed by atoms with Crippen LogP contribution in [-0.2, 0) is 21.7 Å². The molecule has 1 heterocycles. The van der Waals surface area contributed by atoms with Crippen LogP contribution in [0.1, 0.15) is 18.1 Å². The highest BCUT2D eigenvalue weighted by Crippen LogP contribution is 2.30. The fourth-order valence-electron chi connectivity index (χ4n) is 3.19. The summed E-state index contributed by atoms with van der Waals surface area (Å²) in [4.78, 5) is 40.1. The summed E-state index contributed by atoms with van der Waals surface area (Å²) in [6, 6.07) is 12.2. The van der Waals surface area contributed by atoms with E-state index in [4.69, 9.17) is 4.74 Å². The summed E-state index contributed by atoms with van der Waals surface area (Å²) < 4.78 is 18.9. The van der Waals surface area contributed by atoms with Gasteiger partial charge in [0.2, 0.25) is 5.91 Å². The highest BCUT2D eigenvalue weighted by atomic mass is 19.1. The average Bonchev–Trinajstić information content (AvgIpc) is 2.93. The first-order valence-corrected chi connectivity index (χ1v) is 9.02. The zero-order valence-electron chi connectivity index (χ0n) is 16.4. The van der Waals surface area contributed by atoms with Crippen LogP contribution < -0.4 is 10.1 Å². The molecule has 1 saturated heterocycles. The van der Waals surface area contributed by atoms with Gasteiger partial charge in [-0.15, -0.1) is 0 Å². The number of nitrogens with zero attached hydrogens (tertiary/aromatic N) is 2. The van der Waals surface area contributed by atoms with Crippen LogP contribution in [0, 0.1) is 5.82 Å². The van der Waals surface area contributed by atoms with Gasteiger partial charge in [-0.2, -0.15) is 0 Å². The Bertz CT molecular complexity index is 947. The lowest BCUT2D eigenvalue weighted by Gasteiger charge is -2.23. The second kappa shape index (κ2) is 7.90. The standard InChI is InChI=1S/C21H22FN3O4/c1-21(15-8-10-16(29-3)11-9-15)19(27)25(20(28)23-21)13-18(26)24(2)12-14-6-4-5-7-17(14)22/h4-11H,12-13H2,1-3H3,(H,23,28)/t21-/m1/s1. The van der Waals surface area contributed by atoms with Crippen molar-refractivity contribution in [3.63, 3.8) is 0 Å². The van der Waals surface area contributed by atoms with Crippen molar-refractivity contribution >= 4 is 17.8 Å². The zero-order chi connectivity index (χ0) is 21.2. The second-order valence-corrected chi connectivity index (χ2v) is 7.02. The quantitative estimate of drug-likeness (QED) is 0.756. The molecule has 1 N–H and O–H groups in total. The van der Waals surface area contributed by atoms with Crippen molar-refractivity contribution in [2.24, 2.45) is 0 Å². The Morgan fingerprint density at radius 2 is 1.83 bits per heavy atom. The maximum atomic E-state index is 13.8. The van der Waals surface area contributed by atoms with Crippen molar-refractivity contribution in [2.75, 3.05) is 20.7 Å². The molecular formula is C21H22FN3O4. The third kappa shape index (κ3) is 3.91. The summed E-state index contributed by atoms with van der Waals surface area (Å²) in [5.41, 5.74) is -0.358. The third-order valence-electron chi connectivity index (χ3n) is 5.03. The van der Waals surface area contributed by atoms with Crippen LogP contribution in [0.2, 0.25) is 0 Å². The van der Waals surface area contributed by atoms with E-state index in [9.17, 15) is 18.8 Å². The van der Waals surface area contributed by atoms with Crippen LogP contribution in [0.3, 0.4) is 0 Å². The van der Waals surface area contributed by atoms with Gasteiger partial charge in [-0.25, -0.2) is 9.18 Å². The van der Waals surface area contributed by atoms with Crippen LogP contribution in [0.25, 0.3) is 0 Å². The predicted molar refractivity (Wildman–Crippen MR) is 103 cm³/mol. The molecule has 0 radical (unpaired) electrons. The summed E-state index contributed by atoms with van der Waals surface area (Å²) in [5.74, 6) is -0.804. The molecule has 0 aliphatic carbocycles. The van der Waals surface area contributed by atoms with Crippen molar-refractivity contribution < 1.29 is 23.5 Å². The number of amides is 4. The SMILES string of the molecule is COc1ccc([C@@]2(C)NC(=O)N(CC(=O)N(C)Cc3ccccc3F)C2=O)cc1. The smallest absolute Gasteiger partial charge is 0.325 e. The van der Waals surface area contributed by atoms with E-state index in [-0.39, 0.29) is 6.54 Å². The van der Waals surface area contributed by atoms with E-state index >= 15 is 0 Å². The summed E-state index contributed by atoms with van der Waals surface area (Å²) in [6.07, 6.45) is 0. The van der Waals surface area contributed by atoms with Crippen LogP contribution in [0.5, 0.6) is 5.75 Å². The molecule has 0 spiro atoms. The molecule has 2 aromatic carbocycles. The molecule has 0 aromatic heterocycles. The molecule has 0 saturated carbocycles. The lowest BCUT2D eigenvalue weighted by atomic mass is 9.92. The molecule has 29 heavy (non-hydrogen) atoms. The highest BCUT2D eigenvalue weighted by molar-refractivity contribution is 6.09. The number of ether oxygens (including phenoxy) is 1. The Balaban J connectivity index is 1.72. The van der Waals surface area contributed by atoms with Gasteiger partial charge in [0.1, 0.15) is 23.7 Å². The summed E-state index contributed by atoms with van der Waals surface area (Å²) >= 11 is 0. The predicted octanol–water partition coefficient (Wildman–Crippen LogP) is 2.26. The van der Waals surface area contributed by atoms with Gasteiger partial charge in [-0.3, -0.25) is 14.5 Å². The van der Waals surface area contributed by atoms with Crippen LogP contribution in [0.15, 0.2) is 48.5 Å². The molecule has 152 valence electrons. The molecule has 8 heteroatoms. The normalized spacial score (nSPS) is 18.6.